The molecule has 1 amide bonds. The Hall–Kier alpha value is -4.19. The number of methoxy groups -OCH3 is 1. The Bertz CT molecular complexity index is 2060. The summed E-state index contributed by atoms with van der Waals surface area (Å²) in [5.41, 5.74) is 14.6. The maximum absolute atomic E-state index is 13.5. The van der Waals surface area contributed by atoms with Crippen LogP contribution in [-0.4, -0.2) is 65.9 Å². The number of piperidine rings is 1. The number of sulfonamides is 1. The summed E-state index contributed by atoms with van der Waals surface area (Å²) in [4.78, 5) is 15.3. The number of nitrogens with zero attached hydrogens (tertiary/aromatic N) is 4. The zero-order valence-electron chi connectivity index (χ0n) is 26.5. The number of fused-ring (bicyclic) bond motifs is 2. The molecule has 7 rings (SSSR count). The molecule has 0 unspecified atom stereocenters. The van der Waals surface area contributed by atoms with Crippen LogP contribution in [0, 0.1) is 12.8 Å². The van der Waals surface area contributed by atoms with Gasteiger partial charge in [-0.3, -0.25) is 4.79 Å². The Labute approximate surface area is 269 Å². The Morgan fingerprint density at radius 3 is 2.52 bits per heavy atom. The summed E-state index contributed by atoms with van der Waals surface area (Å²) in [6, 6.07) is 18.5. The first-order valence-electron chi connectivity index (χ1n) is 15.9. The first-order valence-corrected chi connectivity index (χ1v) is 17.8. The van der Waals surface area contributed by atoms with Crippen molar-refractivity contribution in [3.8, 4) is 28.3 Å². The first kappa shape index (κ1) is 30.5. The number of nitrogens with one attached hydrogen (secondary N) is 1. The molecule has 2 aliphatic rings. The molecule has 1 saturated heterocycles. The van der Waals surface area contributed by atoms with Gasteiger partial charge in [0, 0.05) is 54.9 Å². The highest BCUT2D eigenvalue weighted by atomic mass is 32.2. The fraction of sp³-hybridized carbons (Fsp3) is 0.371. The average Bonchev–Trinajstić information content (AvgIpc) is 3.72. The summed E-state index contributed by atoms with van der Waals surface area (Å²) in [5, 5.41) is 6.21. The monoisotopic (exact) mass is 640 g/mol. The van der Waals surface area contributed by atoms with Crippen molar-refractivity contribution in [3.63, 3.8) is 0 Å². The van der Waals surface area contributed by atoms with E-state index in [0.717, 1.165) is 75.7 Å². The number of hydrogen-bond acceptors (Lipinski definition) is 6. The Morgan fingerprint density at radius 1 is 1.07 bits per heavy atom. The lowest BCUT2D eigenvalue weighted by atomic mass is 10.0. The molecular weight excluding hydrogens is 600 g/mol. The van der Waals surface area contributed by atoms with Crippen molar-refractivity contribution in [2.45, 2.75) is 51.7 Å². The van der Waals surface area contributed by atoms with Crippen LogP contribution in [0.3, 0.4) is 0 Å². The van der Waals surface area contributed by atoms with Crippen molar-refractivity contribution in [2.24, 2.45) is 11.7 Å². The highest BCUT2D eigenvalue weighted by molar-refractivity contribution is 7.88. The van der Waals surface area contributed by atoms with Crippen LogP contribution in [0.4, 0.5) is 0 Å². The van der Waals surface area contributed by atoms with E-state index in [0.29, 0.717) is 30.3 Å². The van der Waals surface area contributed by atoms with Gasteiger partial charge in [0.15, 0.2) is 0 Å². The molecule has 1 aliphatic carbocycles. The summed E-state index contributed by atoms with van der Waals surface area (Å²) < 4.78 is 35.6. The number of aromatic nitrogens is 3. The van der Waals surface area contributed by atoms with E-state index < -0.39 is 10.0 Å². The van der Waals surface area contributed by atoms with Crippen molar-refractivity contribution in [1.29, 1.82) is 0 Å². The van der Waals surface area contributed by atoms with E-state index in [4.69, 9.17) is 15.6 Å². The van der Waals surface area contributed by atoms with Crippen LogP contribution in [0.2, 0.25) is 0 Å². The molecule has 11 heteroatoms. The number of amides is 1. The van der Waals surface area contributed by atoms with E-state index in [1.165, 1.54) is 12.8 Å². The van der Waals surface area contributed by atoms with E-state index in [2.05, 4.69) is 40.5 Å². The van der Waals surface area contributed by atoms with Gasteiger partial charge in [-0.15, -0.1) is 0 Å². The number of rotatable bonds is 9. The van der Waals surface area contributed by atoms with Crippen LogP contribution in [0.25, 0.3) is 38.9 Å². The predicted molar refractivity (Wildman–Crippen MR) is 180 cm³/mol. The zero-order valence-corrected chi connectivity index (χ0v) is 27.3. The minimum atomic E-state index is -3.26. The molecule has 1 saturated carbocycles. The molecule has 3 N–H and O–H groups in total. The minimum absolute atomic E-state index is 0.000577. The summed E-state index contributed by atoms with van der Waals surface area (Å²) in [6.07, 6.45) is 7.24. The molecule has 1 atom stereocenters. The fourth-order valence-corrected chi connectivity index (χ4v) is 7.02. The highest BCUT2D eigenvalue weighted by Crippen LogP contribution is 2.39. The van der Waals surface area contributed by atoms with Crippen molar-refractivity contribution < 1.29 is 17.9 Å². The SMILES string of the molecule is COc1cc(C(=O)N2CCC[C@@H](N)C2)cn2nc(-c3cc4ccc(-c5ccc(CNS(C)(=O)=O)cc5)cc4n3CC3CC3)c(C)c12. The van der Waals surface area contributed by atoms with Crippen molar-refractivity contribution in [2.75, 3.05) is 26.5 Å². The standard InChI is InChI=1S/C35H40N6O4S/c1-22-33(38-41-20-28(17-32(45-2)34(22)41)35(42)39-14-4-5-29(36)21-39)31-16-27-13-12-26(15-30(27)40(31)19-24-6-7-24)25-10-8-23(9-11-25)18-37-46(3,43)44/h8-13,15-17,20,24,29,37H,4-7,14,18-19,21,36H2,1-3H3/t29-/m1/s1. The third-order valence-corrected chi connectivity index (χ3v) is 9.92. The van der Waals surface area contributed by atoms with Gasteiger partial charge in [0.1, 0.15) is 17.0 Å². The second-order valence-corrected chi connectivity index (χ2v) is 14.7. The van der Waals surface area contributed by atoms with Gasteiger partial charge in [0.05, 0.1) is 24.6 Å². The van der Waals surface area contributed by atoms with Gasteiger partial charge in [-0.1, -0.05) is 36.4 Å². The van der Waals surface area contributed by atoms with Crippen LogP contribution < -0.4 is 15.2 Å². The lowest BCUT2D eigenvalue weighted by molar-refractivity contribution is 0.0707. The second kappa shape index (κ2) is 11.9. The molecule has 4 heterocycles. The maximum atomic E-state index is 13.5. The van der Waals surface area contributed by atoms with E-state index in [1.54, 1.807) is 11.6 Å². The van der Waals surface area contributed by atoms with Gasteiger partial charge in [-0.25, -0.2) is 17.7 Å². The van der Waals surface area contributed by atoms with Crippen molar-refractivity contribution >= 4 is 32.4 Å². The zero-order chi connectivity index (χ0) is 32.2. The summed E-state index contributed by atoms with van der Waals surface area (Å²) in [6.45, 7) is 4.48. The number of aryl methyl sites for hydroxylation is 1. The number of carbonyl (C=O) groups is 1. The van der Waals surface area contributed by atoms with Gasteiger partial charge in [-0.2, -0.15) is 5.10 Å². The number of likely N-dealkylation sites (tertiary alicyclic amines) is 1. The average molecular weight is 641 g/mol. The third-order valence-electron chi connectivity index (χ3n) is 9.25. The molecule has 0 spiro atoms. The van der Waals surface area contributed by atoms with E-state index in [9.17, 15) is 13.2 Å². The first-order chi connectivity index (χ1) is 22.1. The molecule has 10 nitrogen and oxygen atoms in total. The number of carbonyl (C=O) groups excluding carboxylic acids is 1. The predicted octanol–water partition coefficient (Wildman–Crippen LogP) is 4.96. The Kier molecular flexibility index (Phi) is 7.86. The molecular formula is C35H40N6O4S. The van der Waals surface area contributed by atoms with E-state index in [-0.39, 0.29) is 18.5 Å². The topological polar surface area (TPSA) is 124 Å². The molecule has 3 aromatic heterocycles. The quantitative estimate of drug-likeness (QED) is 0.235. The van der Waals surface area contributed by atoms with Crippen LogP contribution in [0.5, 0.6) is 5.75 Å². The third kappa shape index (κ3) is 6.02. The van der Waals surface area contributed by atoms with Gasteiger partial charge in [-0.05, 0) is 73.4 Å². The molecule has 0 bridgehead atoms. The maximum Gasteiger partial charge on any atom is 0.255 e. The van der Waals surface area contributed by atoms with Gasteiger partial charge in [0.25, 0.3) is 5.91 Å². The summed E-state index contributed by atoms with van der Waals surface area (Å²) in [5.74, 6) is 1.19. The Morgan fingerprint density at radius 2 is 1.83 bits per heavy atom. The van der Waals surface area contributed by atoms with Gasteiger partial charge >= 0.3 is 0 Å². The molecule has 46 heavy (non-hydrogen) atoms. The highest BCUT2D eigenvalue weighted by Gasteiger charge is 2.28. The number of pyridine rings is 1. The van der Waals surface area contributed by atoms with Crippen LogP contribution in [0.1, 0.15) is 47.2 Å². The number of hydrogen-bond donors (Lipinski definition) is 2. The molecule has 1 aliphatic heterocycles. The lowest BCUT2D eigenvalue weighted by Crippen LogP contribution is -2.45. The molecule has 2 aromatic carbocycles. The summed E-state index contributed by atoms with van der Waals surface area (Å²) in [7, 11) is -1.62. The number of ether oxygens (including phenoxy) is 1. The molecule has 2 fully saturated rings. The van der Waals surface area contributed by atoms with Crippen LogP contribution >= 0.6 is 0 Å². The lowest BCUT2D eigenvalue weighted by Gasteiger charge is -2.30. The number of benzene rings is 2. The largest absolute Gasteiger partial charge is 0.494 e. The van der Waals surface area contributed by atoms with E-state index >= 15 is 0 Å². The number of nitrogens with two attached hydrogens (primary N) is 1. The van der Waals surface area contributed by atoms with Crippen LogP contribution in [-0.2, 0) is 23.1 Å². The van der Waals surface area contributed by atoms with Crippen molar-refractivity contribution in [1.82, 2.24) is 23.8 Å². The van der Waals surface area contributed by atoms with E-state index in [1.807, 2.05) is 41.4 Å². The smallest absolute Gasteiger partial charge is 0.255 e. The second-order valence-electron chi connectivity index (χ2n) is 12.9. The Balaban J connectivity index is 1.27. The molecule has 5 aromatic rings. The van der Waals surface area contributed by atoms with Gasteiger partial charge in [0.2, 0.25) is 10.0 Å². The minimum Gasteiger partial charge on any atom is -0.494 e. The van der Waals surface area contributed by atoms with Crippen molar-refractivity contribution in [3.05, 3.63) is 77.5 Å². The molecule has 240 valence electrons. The van der Waals surface area contributed by atoms with Gasteiger partial charge < -0.3 is 19.9 Å². The fourth-order valence-electron chi connectivity index (χ4n) is 6.59. The van der Waals surface area contributed by atoms with Crippen LogP contribution in [0.15, 0.2) is 60.8 Å². The summed E-state index contributed by atoms with van der Waals surface area (Å²) >= 11 is 0. The normalized spacial score (nSPS) is 17.2. The molecule has 0 radical (unpaired) electrons.